The van der Waals surface area contributed by atoms with E-state index in [1.165, 1.54) is 32.1 Å². The summed E-state index contributed by atoms with van der Waals surface area (Å²) in [7, 11) is 0. The van der Waals surface area contributed by atoms with Gasteiger partial charge in [0, 0.05) is 22.0 Å². The van der Waals surface area contributed by atoms with Gasteiger partial charge in [-0.3, -0.25) is 0 Å². The van der Waals surface area contributed by atoms with Crippen LogP contribution in [0.25, 0.3) is 0 Å². The first-order chi connectivity index (χ1) is 8.81. The molecule has 2 nitrogen and oxygen atoms in total. The molecule has 1 aromatic heterocycles. The van der Waals surface area contributed by atoms with Crippen LogP contribution in [0.3, 0.4) is 0 Å². The summed E-state index contributed by atoms with van der Waals surface area (Å²) in [5.74, 6) is 0. The molecule has 0 radical (unpaired) electrons. The van der Waals surface area contributed by atoms with Crippen molar-refractivity contribution in [2.75, 3.05) is 6.54 Å². The zero-order chi connectivity index (χ0) is 12.8. The minimum Gasteiger partial charge on any atom is -0.313 e. The zero-order valence-electron chi connectivity index (χ0n) is 10.9. The molecular formula is C14H21BrN2S. The Kier molecular flexibility index (Phi) is 5.99. The summed E-state index contributed by atoms with van der Waals surface area (Å²) in [6.07, 6.45) is 8.57. The van der Waals surface area contributed by atoms with E-state index in [2.05, 4.69) is 39.2 Å². The first kappa shape index (κ1) is 14.4. The normalized spacial score (nSPS) is 24.8. The number of halogens is 1. The summed E-state index contributed by atoms with van der Waals surface area (Å²) >= 11 is 5.53. The number of hydrogen-bond donors (Lipinski definition) is 1. The predicted octanol–water partition coefficient (Wildman–Crippen LogP) is 4.25. The molecule has 1 aliphatic rings. The van der Waals surface area contributed by atoms with Crippen molar-refractivity contribution >= 4 is 27.7 Å². The molecule has 1 fully saturated rings. The zero-order valence-corrected chi connectivity index (χ0v) is 13.3. The maximum Gasteiger partial charge on any atom is 0.110 e. The summed E-state index contributed by atoms with van der Waals surface area (Å²) in [4.78, 5) is 4.49. The van der Waals surface area contributed by atoms with Gasteiger partial charge in [0.15, 0.2) is 0 Å². The van der Waals surface area contributed by atoms with Gasteiger partial charge in [0.25, 0.3) is 0 Å². The van der Waals surface area contributed by atoms with E-state index in [0.29, 0.717) is 11.3 Å². The topological polar surface area (TPSA) is 24.9 Å². The Labute approximate surface area is 122 Å². The molecular weight excluding hydrogens is 308 g/mol. The van der Waals surface area contributed by atoms with Gasteiger partial charge >= 0.3 is 0 Å². The highest BCUT2D eigenvalue weighted by Crippen LogP contribution is 2.35. The number of nitrogens with one attached hydrogen (secondary N) is 1. The molecule has 1 N–H and O–H groups in total. The predicted molar refractivity (Wildman–Crippen MR) is 82.1 cm³/mol. The molecule has 0 spiro atoms. The summed E-state index contributed by atoms with van der Waals surface area (Å²) in [6.45, 7) is 3.26. The molecule has 1 aromatic rings. The van der Waals surface area contributed by atoms with Crippen LogP contribution in [-0.4, -0.2) is 22.8 Å². The lowest BCUT2D eigenvalue weighted by atomic mass is 10.1. The number of hydrogen-bond acceptors (Lipinski definition) is 3. The van der Waals surface area contributed by atoms with E-state index in [9.17, 15) is 0 Å². The van der Waals surface area contributed by atoms with Gasteiger partial charge in [0.2, 0.25) is 0 Å². The summed E-state index contributed by atoms with van der Waals surface area (Å²) in [5, 5.41) is 5.43. The van der Waals surface area contributed by atoms with Gasteiger partial charge in [-0.1, -0.05) is 26.2 Å². The Morgan fingerprint density at radius 1 is 1.39 bits per heavy atom. The monoisotopic (exact) mass is 328 g/mol. The van der Waals surface area contributed by atoms with E-state index >= 15 is 0 Å². The van der Waals surface area contributed by atoms with Crippen LogP contribution in [0.15, 0.2) is 27.8 Å². The van der Waals surface area contributed by atoms with Crippen LogP contribution < -0.4 is 5.32 Å². The van der Waals surface area contributed by atoms with Crippen molar-refractivity contribution in [3.05, 3.63) is 22.8 Å². The molecule has 1 aliphatic carbocycles. The third-order valence-corrected chi connectivity index (χ3v) is 5.72. The highest BCUT2D eigenvalue weighted by molar-refractivity contribution is 9.10. The second-order valence-corrected chi connectivity index (χ2v) is 6.83. The summed E-state index contributed by atoms with van der Waals surface area (Å²) in [5.41, 5.74) is 0. The Morgan fingerprint density at radius 2 is 2.22 bits per heavy atom. The molecule has 0 saturated heterocycles. The average molecular weight is 329 g/mol. The van der Waals surface area contributed by atoms with Crippen molar-refractivity contribution in [2.24, 2.45) is 0 Å². The van der Waals surface area contributed by atoms with E-state index in [-0.39, 0.29) is 0 Å². The van der Waals surface area contributed by atoms with Gasteiger partial charge in [-0.05, 0) is 47.4 Å². The Morgan fingerprint density at radius 3 is 3.00 bits per heavy atom. The lowest BCUT2D eigenvalue weighted by Gasteiger charge is -2.25. The van der Waals surface area contributed by atoms with Gasteiger partial charge in [0.1, 0.15) is 5.03 Å². The highest BCUT2D eigenvalue weighted by atomic mass is 79.9. The fraction of sp³-hybridized carbons (Fsp3) is 0.643. The third kappa shape index (κ3) is 3.97. The Balaban J connectivity index is 2.06. The molecule has 4 heteroatoms. The van der Waals surface area contributed by atoms with Crippen molar-refractivity contribution in [1.29, 1.82) is 0 Å². The van der Waals surface area contributed by atoms with Crippen LogP contribution in [0.1, 0.15) is 39.0 Å². The van der Waals surface area contributed by atoms with E-state index in [1.54, 1.807) is 0 Å². The molecule has 2 unspecified atom stereocenters. The largest absolute Gasteiger partial charge is 0.313 e. The van der Waals surface area contributed by atoms with Gasteiger partial charge in [-0.2, -0.15) is 0 Å². The minimum absolute atomic E-state index is 0.636. The van der Waals surface area contributed by atoms with Crippen molar-refractivity contribution in [3.63, 3.8) is 0 Å². The number of aromatic nitrogens is 1. The van der Waals surface area contributed by atoms with Crippen molar-refractivity contribution in [2.45, 2.75) is 55.3 Å². The lowest BCUT2D eigenvalue weighted by Crippen LogP contribution is -2.37. The highest BCUT2D eigenvalue weighted by Gasteiger charge is 2.24. The molecule has 2 atom stereocenters. The van der Waals surface area contributed by atoms with E-state index < -0.39 is 0 Å². The molecule has 100 valence electrons. The Hall–Kier alpha value is -0.0600. The molecule has 0 aromatic carbocycles. The maximum atomic E-state index is 4.49. The number of nitrogens with zero attached hydrogens (tertiary/aromatic N) is 1. The third-order valence-electron chi connectivity index (χ3n) is 3.41. The SMILES string of the molecule is CCNC1CCCCCC1Sc1ncccc1Br. The fourth-order valence-electron chi connectivity index (χ4n) is 2.51. The summed E-state index contributed by atoms with van der Waals surface area (Å²) in [6, 6.07) is 4.69. The standard InChI is InChI=1S/C14H21BrN2S/c1-2-16-12-8-4-3-5-9-13(12)18-14-11(15)7-6-10-17-14/h6-7,10,12-13,16H,2-5,8-9H2,1H3. The van der Waals surface area contributed by atoms with Crippen LogP contribution in [0.2, 0.25) is 0 Å². The summed E-state index contributed by atoms with van der Waals surface area (Å²) < 4.78 is 1.12. The minimum atomic E-state index is 0.636. The van der Waals surface area contributed by atoms with Crippen molar-refractivity contribution in [3.8, 4) is 0 Å². The number of rotatable bonds is 4. The van der Waals surface area contributed by atoms with E-state index in [1.807, 2.05) is 24.0 Å². The first-order valence-corrected chi connectivity index (χ1v) is 8.49. The number of thioether (sulfide) groups is 1. The Bertz CT molecular complexity index is 373. The first-order valence-electron chi connectivity index (χ1n) is 6.82. The second-order valence-electron chi connectivity index (χ2n) is 4.75. The van der Waals surface area contributed by atoms with E-state index in [4.69, 9.17) is 0 Å². The van der Waals surface area contributed by atoms with Crippen molar-refractivity contribution < 1.29 is 0 Å². The van der Waals surface area contributed by atoms with Crippen LogP contribution in [0, 0.1) is 0 Å². The van der Waals surface area contributed by atoms with Crippen LogP contribution in [-0.2, 0) is 0 Å². The molecule has 0 aliphatic heterocycles. The average Bonchev–Trinajstić information content (AvgIpc) is 2.59. The fourth-order valence-corrected chi connectivity index (χ4v) is 4.32. The van der Waals surface area contributed by atoms with Gasteiger partial charge < -0.3 is 5.32 Å². The molecule has 0 bridgehead atoms. The van der Waals surface area contributed by atoms with E-state index in [0.717, 1.165) is 16.0 Å². The maximum absolute atomic E-state index is 4.49. The molecule has 18 heavy (non-hydrogen) atoms. The van der Waals surface area contributed by atoms with Crippen LogP contribution in [0.5, 0.6) is 0 Å². The smallest absolute Gasteiger partial charge is 0.110 e. The van der Waals surface area contributed by atoms with Crippen LogP contribution >= 0.6 is 27.7 Å². The van der Waals surface area contributed by atoms with Gasteiger partial charge in [-0.15, -0.1) is 11.8 Å². The molecule has 2 rings (SSSR count). The van der Waals surface area contributed by atoms with Crippen LogP contribution in [0.4, 0.5) is 0 Å². The van der Waals surface area contributed by atoms with Gasteiger partial charge in [0.05, 0.1) is 0 Å². The van der Waals surface area contributed by atoms with Gasteiger partial charge in [-0.25, -0.2) is 4.98 Å². The second kappa shape index (κ2) is 7.51. The number of pyridine rings is 1. The van der Waals surface area contributed by atoms with Crippen molar-refractivity contribution in [1.82, 2.24) is 10.3 Å². The molecule has 1 saturated carbocycles. The lowest BCUT2D eigenvalue weighted by molar-refractivity contribution is 0.482. The quantitative estimate of drug-likeness (QED) is 0.836. The molecule has 1 heterocycles. The molecule has 0 amide bonds.